The summed E-state index contributed by atoms with van der Waals surface area (Å²) in [6.07, 6.45) is 2.16. The number of anilines is 1. The Morgan fingerprint density at radius 2 is 2.19 bits per heavy atom. The minimum absolute atomic E-state index is 0.239. The second-order valence-corrected chi connectivity index (χ2v) is 5.07. The molecule has 1 amide bonds. The fraction of sp³-hybridized carbons (Fsp3) is 0.600. The number of rotatable bonds is 8. The molecule has 0 bridgehead atoms. The zero-order chi connectivity index (χ0) is 15.8. The van der Waals surface area contributed by atoms with Gasteiger partial charge in [-0.3, -0.25) is 4.79 Å². The standard InChI is InChI=1S/C15H25FN4O/c1-5-11(3)20(4)8-7-18-15(21)13-9-12(16)10-19-14(13)17-6-2/h9-11H,5-8H2,1-4H3,(H,17,19)(H,18,21). The molecule has 0 aromatic carbocycles. The number of amides is 1. The third-order valence-electron chi connectivity index (χ3n) is 3.54. The summed E-state index contributed by atoms with van der Waals surface area (Å²) in [4.78, 5) is 18.2. The van der Waals surface area contributed by atoms with Gasteiger partial charge in [0.2, 0.25) is 0 Å². The molecule has 0 fully saturated rings. The number of hydrogen-bond donors (Lipinski definition) is 2. The van der Waals surface area contributed by atoms with Crippen LogP contribution in [0.5, 0.6) is 0 Å². The van der Waals surface area contributed by atoms with Crippen molar-refractivity contribution in [3.8, 4) is 0 Å². The van der Waals surface area contributed by atoms with Crippen molar-refractivity contribution in [2.24, 2.45) is 0 Å². The van der Waals surface area contributed by atoms with E-state index in [1.165, 1.54) is 6.07 Å². The van der Waals surface area contributed by atoms with Crippen molar-refractivity contribution in [3.05, 3.63) is 23.6 Å². The lowest BCUT2D eigenvalue weighted by Crippen LogP contribution is -2.37. The summed E-state index contributed by atoms with van der Waals surface area (Å²) in [7, 11) is 2.02. The van der Waals surface area contributed by atoms with Crippen molar-refractivity contribution in [1.82, 2.24) is 15.2 Å². The molecule has 2 N–H and O–H groups in total. The molecular formula is C15H25FN4O. The summed E-state index contributed by atoms with van der Waals surface area (Å²) < 4.78 is 13.3. The molecule has 0 saturated heterocycles. The van der Waals surface area contributed by atoms with E-state index in [0.29, 0.717) is 24.9 Å². The molecule has 1 heterocycles. The Labute approximate surface area is 125 Å². The molecule has 1 aromatic rings. The fourth-order valence-corrected chi connectivity index (χ4v) is 1.89. The third kappa shape index (κ3) is 5.30. The van der Waals surface area contributed by atoms with E-state index < -0.39 is 5.82 Å². The molecule has 0 aliphatic carbocycles. The van der Waals surface area contributed by atoms with E-state index in [0.717, 1.165) is 19.2 Å². The molecule has 1 rings (SSSR count). The van der Waals surface area contributed by atoms with E-state index >= 15 is 0 Å². The molecule has 0 saturated carbocycles. The van der Waals surface area contributed by atoms with Gasteiger partial charge < -0.3 is 15.5 Å². The average molecular weight is 296 g/mol. The largest absolute Gasteiger partial charge is 0.370 e. The number of nitrogens with zero attached hydrogens (tertiary/aromatic N) is 2. The molecule has 118 valence electrons. The molecule has 1 aromatic heterocycles. The van der Waals surface area contributed by atoms with Crippen molar-refractivity contribution in [2.45, 2.75) is 33.2 Å². The molecular weight excluding hydrogens is 271 g/mol. The second kappa shape index (κ2) is 8.56. The van der Waals surface area contributed by atoms with Gasteiger partial charge in [0, 0.05) is 25.7 Å². The Kier molecular flexibility index (Phi) is 7.08. The van der Waals surface area contributed by atoms with Gasteiger partial charge in [-0.2, -0.15) is 0 Å². The Balaban J connectivity index is 2.61. The fourth-order valence-electron chi connectivity index (χ4n) is 1.89. The SMILES string of the molecule is CCNc1ncc(F)cc1C(=O)NCCN(C)C(C)CC. The van der Waals surface area contributed by atoms with Crippen molar-refractivity contribution in [1.29, 1.82) is 0 Å². The highest BCUT2D eigenvalue weighted by molar-refractivity contribution is 5.98. The highest BCUT2D eigenvalue weighted by atomic mass is 19.1. The van der Waals surface area contributed by atoms with E-state index in [1.807, 2.05) is 14.0 Å². The van der Waals surface area contributed by atoms with Crippen LogP contribution in [0.2, 0.25) is 0 Å². The Morgan fingerprint density at radius 1 is 1.48 bits per heavy atom. The van der Waals surface area contributed by atoms with Crippen LogP contribution in [0.25, 0.3) is 0 Å². The zero-order valence-electron chi connectivity index (χ0n) is 13.2. The number of hydrogen-bond acceptors (Lipinski definition) is 4. The van der Waals surface area contributed by atoms with Gasteiger partial charge in [-0.15, -0.1) is 0 Å². The summed E-state index contributed by atoms with van der Waals surface area (Å²) in [5, 5.41) is 5.77. The van der Waals surface area contributed by atoms with Gasteiger partial charge in [-0.05, 0) is 33.4 Å². The predicted octanol–water partition coefficient (Wildman–Crippen LogP) is 2.11. The van der Waals surface area contributed by atoms with Crippen LogP contribution in [0.15, 0.2) is 12.3 Å². The van der Waals surface area contributed by atoms with Crippen molar-refractivity contribution in [2.75, 3.05) is 32.0 Å². The number of nitrogens with one attached hydrogen (secondary N) is 2. The number of carbonyl (C=O) groups is 1. The summed E-state index contributed by atoms with van der Waals surface area (Å²) in [6, 6.07) is 1.67. The molecule has 0 spiro atoms. The van der Waals surface area contributed by atoms with E-state index in [-0.39, 0.29) is 11.5 Å². The highest BCUT2D eigenvalue weighted by Crippen LogP contribution is 2.13. The van der Waals surface area contributed by atoms with Crippen molar-refractivity contribution in [3.63, 3.8) is 0 Å². The first-order valence-corrected chi connectivity index (χ1v) is 7.37. The first kappa shape index (κ1) is 17.4. The Hall–Kier alpha value is -1.69. The molecule has 0 aliphatic heterocycles. The lowest BCUT2D eigenvalue weighted by molar-refractivity contribution is 0.0947. The first-order chi connectivity index (χ1) is 9.99. The zero-order valence-corrected chi connectivity index (χ0v) is 13.2. The van der Waals surface area contributed by atoms with Gasteiger partial charge in [0.15, 0.2) is 0 Å². The average Bonchev–Trinajstić information content (AvgIpc) is 2.48. The number of aromatic nitrogens is 1. The minimum atomic E-state index is -0.515. The van der Waals surface area contributed by atoms with Gasteiger partial charge in [0.25, 0.3) is 5.91 Å². The van der Waals surface area contributed by atoms with Crippen LogP contribution in [0.4, 0.5) is 10.2 Å². The van der Waals surface area contributed by atoms with E-state index in [1.54, 1.807) is 0 Å². The maximum absolute atomic E-state index is 13.3. The van der Waals surface area contributed by atoms with Crippen LogP contribution in [-0.4, -0.2) is 48.5 Å². The van der Waals surface area contributed by atoms with Gasteiger partial charge in [0.05, 0.1) is 11.8 Å². The van der Waals surface area contributed by atoms with Crippen LogP contribution in [0.1, 0.15) is 37.6 Å². The highest BCUT2D eigenvalue weighted by Gasteiger charge is 2.14. The van der Waals surface area contributed by atoms with Crippen LogP contribution >= 0.6 is 0 Å². The van der Waals surface area contributed by atoms with E-state index in [2.05, 4.69) is 34.4 Å². The third-order valence-corrected chi connectivity index (χ3v) is 3.54. The predicted molar refractivity (Wildman–Crippen MR) is 83.1 cm³/mol. The molecule has 0 aliphatic rings. The lowest BCUT2D eigenvalue weighted by atomic mass is 10.2. The summed E-state index contributed by atoms with van der Waals surface area (Å²) in [6.45, 7) is 8.05. The molecule has 1 unspecified atom stereocenters. The Morgan fingerprint density at radius 3 is 2.81 bits per heavy atom. The topological polar surface area (TPSA) is 57.3 Å². The lowest BCUT2D eigenvalue weighted by Gasteiger charge is -2.23. The number of carbonyl (C=O) groups excluding carboxylic acids is 1. The van der Waals surface area contributed by atoms with Gasteiger partial charge in [0.1, 0.15) is 11.6 Å². The molecule has 6 heteroatoms. The normalized spacial score (nSPS) is 12.3. The smallest absolute Gasteiger partial charge is 0.255 e. The van der Waals surface area contributed by atoms with Gasteiger partial charge >= 0.3 is 0 Å². The summed E-state index contributed by atoms with van der Waals surface area (Å²) >= 11 is 0. The first-order valence-electron chi connectivity index (χ1n) is 7.37. The second-order valence-electron chi connectivity index (χ2n) is 5.07. The van der Waals surface area contributed by atoms with Crippen LogP contribution in [0.3, 0.4) is 0 Å². The number of pyridine rings is 1. The molecule has 0 radical (unpaired) electrons. The quantitative estimate of drug-likeness (QED) is 0.771. The number of halogens is 1. The summed E-state index contributed by atoms with van der Waals surface area (Å²) in [5.41, 5.74) is 0.239. The Bertz CT molecular complexity index is 467. The van der Waals surface area contributed by atoms with Crippen LogP contribution in [0, 0.1) is 5.82 Å². The monoisotopic (exact) mass is 296 g/mol. The van der Waals surface area contributed by atoms with Crippen LogP contribution < -0.4 is 10.6 Å². The maximum atomic E-state index is 13.3. The van der Waals surface area contributed by atoms with Crippen LogP contribution in [-0.2, 0) is 0 Å². The maximum Gasteiger partial charge on any atom is 0.255 e. The molecule has 5 nitrogen and oxygen atoms in total. The molecule has 21 heavy (non-hydrogen) atoms. The summed E-state index contributed by atoms with van der Waals surface area (Å²) in [5.74, 6) is -0.416. The van der Waals surface area contributed by atoms with Gasteiger partial charge in [-0.1, -0.05) is 6.92 Å². The molecule has 1 atom stereocenters. The minimum Gasteiger partial charge on any atom is -0.370 e. The van der Waals surface area contributed by atoms with E-state index in [9.17, 15) is 9.18 Å². The van der Waals surface area contributed by atoms with Crippen molar-refractivity contribution < 1.29 is 9.18 Å². The van der Waals surface area contributed by atoms with Gasteiger partial charge in [-0.25, -0.2) is 9.37 Å². The van der Waals surface area contributed by atoms with Crippen molar-refractivity contribution >= 4 is 11.7 Å². The number of likely N-dealkylation sites (N-methyl/N-ethyl adjacent to an activating group) is 1. The van der Waals surface area contributed by atoms with E-state index in [4.69, 9.17) is 0 Å².